The van der Waals surface area contributed by atoms with Crippen LogP contribution in [-0.4, -0.2) is 10.9 Å². The van der Waals surface area contributed by atoms with Gasteiger partial charge in [0.1, 0.15) is 0 Å². The number of hydrogen-bond acceptors (Lipinski definition) is 2. The summed E-state index contributed by atoms with van der Waals surface area (Å²) in [6.45, 7) is 6.49. The molecule has 2 aromatic carbocycles. The van der Waals surface area contributed by atoms with E-state index in [1.54, 1.807) is 12.4 Å². The molecule has 3 rings (SSSR count). The van der Waals surface area contributed by atoms with Gasteiger partial charge in [0.05, 0.1) is 6.04 Å². The average Bonchev–Trinajstić information content (AvgIpc) is 2.67. The van der Waals surface area contributed by atoms with Crippen LogP contribution in [0.2, 0.25) is 0 Å². The second-order valence-electron chi connectivity index (χ2n) is 7.43. The Morgan fingerprint density at radius 3 is 2.12 bits per heavy atom. The van der Waals surface area contributed by atoms with E-state index in [0.717, 1.165) is 11.1 Å². The van der Waals surface area contributed by atoms with Gasteiger partial charge < -0.3 is 5.32 Å². The Morgan fingerprint density at radius 1 is 0.885 bits per heavy atom. The molecule has 0 unspecified atom stereocenters. The van der Waals surface area contributed by atoms with Gasteiger partial charge in [0, 0.05) is 18.0 Å². The number of pyridine rings is 1. The van der Waals surface area contributed by atoms with Gasteiger partial charge in [0.25, 0.3) is 5.91 Å². The molecule has 3 heteroatoms. The van der Waals surface area contributed by atoms with Crippen molar-refractivity contribution in [1.82, 2.24) is 10.3 Å². The molecule has 26 heavy (non-hydrogen) atoms. The van der Waals surface area contributed by atoms with Crippen molar-refractivity contribution in [2.75, 3.05) is 0 Å². The number of rotatable bonds is 4. The largest absolute Gasteiger partial charge is 0.341 e. The van der Waals surface area contributed by atoms with E-state index in [1.165, 1.54) is 5.56 Å². The highest BCUT2D eigenvalue weighted by Gasteiger charge is 2.19. The zero-order valence-corrected chi connectivity index (χ0v) is 15.4. The molecule has 1 N–H and O–H groups in total. The van der Waals surface area contributed by atoms with Crippen LogP contribution in [-0.2, 0) is 5.41 Å². The van der Waals surface area contributed by atoms with Crippen LogP contribution in [0.25, 0.3) is 0 Å². The number of hydrogen-bond donors (Lipinski definition) is 1. The monoisotopic (exact) mass is 344 g/mol. The summed E-state index contributed by atoms with van der Waals surface area (Å²) in [5.41, 5.74) is 3.92. The second kappa shape index (κ2) is 7.52. The third-order valence-corrected chi connectivity index (χ3v) is 4.44. The maximum atomic E-state index is 12.8. The summed E-state index contributed by atoms with van der Waals surface area (Å²) in [7, 11) is 0. The van der Waals surface area contributed by atoms with Crippen molar-refractivity contribution in [3.05, 3.63) is 101 Å². The smallest absolute Gasteiger partial charge is 0.252 e. The van der Waals surface area contributed by atoms with Gasteiger partial charge in [-0.3, -0.25) is 9.78 Å². The van der Waals surface area contributed by atoms with Crippen molar-refractivity contribution in [3.63, 3.8) is 0 Å². The minimum Gasteiger partial charge on any atom is -0.341 e. The molecule has 0 radical (unpaired) electrons. The molecule has 0 aliphatic rings. The molecule has 0 aliphatic heterocycles. The topological polar surface area (TPSA) is 42.0 Å². The summed E-state index contributed by atoms with van der Waals surface area (Å²) in [5.74, 6) is -0.0943. The lowest BCUT2D eigenvalue weighted by molar-refractivity contribution is 0.0943. The van der Waals surface area contributed by atoms with E-state index in [0.29, 0.717) is 5.56 Å². The van der Waals surface area contributed by atoms with Crippen molar-refractivity contribution in [2.45, 2.75) is 32.2 Å². The summed E-state index contributed by atoms with van der Waals surface area (Å²) in [6.07, 6.45) is 3.53. The molecule has 3 aromatic rings. The SMILES string of the molecule is CC(C)(C)c1ccc(C(=O)N[C@@H](c2ccccc2)c2cccnc2)cc1. The van der Waals surface area contributed by atoms with Crippen LogP contribution in [0.4, 0.5) is 0 Å². The lowest BCUT2D eigenvalue weighted by atomic mass is 9.86. The molecule has 3 nitrogen and oxygen atoms in total. The summed E-state index contributed by atoms with van der Waals surface area (Å²) in [6, 6.07) is 21.4. The molecule has 0 saturated heterocycles. The van der Waals surface area contributed by atoms with Crippen molar-refractivity contribution < 1.29 is 4.79 Å². The van der Waals surface area contributed by atoms with E-state index in [9.17, 15) is 4.79 Å². The summed E-state index contributed by atoms with van der Waals surface area (Å²) < 4.78 is 0. The van der Waals surface area contributed by atoms with Gasteiger partial charge in [0.15, 0.2) is 0 Å². The third kappa shape index (κ3) is 4.17. The standard InChI is InChI=1S/C23H24N2O/c1-23(2,3)20-13-11-18(12-14-20)22(26)25-21(17-8-5-4-6-9-17)19-10-7-15-24-16-19/h4-16,21H,1-3H3,(H,25,26)/t21-/m0/s1. The number of amides is 1. The molecule has 1 aromatic heterocycles. The Bertz CT molecular complexity index is 811. The number of nitrogens with zero attached hydrogens (tertiary/aromatic N) is 1. The van der Waals surface area contributed by atoms with Crippen molar-refractivity contribution >= 4 is 5.91 Å². The van der Waals surface area contributed by atoms with Gasteiger partial charge in [-0.15, -0.1) is 0 Å². The molecule has 1 amide bonds. The van der Waals surface area contributed by atoms with Gasteiger partial charge in [-0.2, -0.15) is 0 Å². The predicted octanol–water partition coefficient (Wildman–Crippen LogP) is 4.90. The van der Waals surface area contributed by atoms with Crippen LogP contribution in [0.1, 0.15) is 53.9 Å². The maximum Gasteiger partial charge on any atom is 0.252 e. The van der Waals surface area contributed by atoms with E-state index in [4.69, 9.17) is 0 Å². The molecule has 0 bridgehead atoms. The van der Waals surface area contributed by atoms with Gasteiger partial charge in [-0.25, -0.2) is 0 Å². The Hall–Kier alpha value is -2.94. The molecule has 0 aliphatic carbocycles. The van der Waals surface area contributed by atoms with Crippen LogP contribution in [0.5, 0.6) is 0 Å². The first kappa shape index (κ1) is 17.9. The number of aromatic nitrogens is 1. The fourth-order valence-electron chi connectivity index (χ4n) is 2.89. The normalized spacial score (nSPS) is 12.4. The van der Waals surface area contributed by atoms with Crippen molar-refractivity contribution in [2.24, 2.45) is 0 Å². The number of nitrogens with one attached hydrogen (secondary N) is 1. The highest BCUT2D eigenvalue weighted by atomic mass is 16.1. The second-order valence-corrected chi connectivity index (χ2v) is 7.43. The Kier molecular flexibility index (Phi) is 5.17. The van der Waals surface area contributed by atoms with Crippen molar-refractivity contribution in [1.29, 1.82) is 0 Å². The average molecular weight is 344 g/mol. The number of benzene rings is 2. The molecule has 1 heterocycles. The first-order valence-electron chi connectivity index (χ1n) is 8.81. The Morgan fingerprint density at radius 2 is 1.54 bits per heavy atom. The minimum atomic E-state index is -0.236. The Balaban J connectivity index is 1.86. The molecule has 0 spiro atoms. The van der Waals surface area contributed by atoms with Crippen LogP contribution in [0.15, 0.2) is 79.1 Å². The highest BCUT2D eigenvalue weighted by molar-refractivity contribution is 5.94. The molecular weight excluding hydrogens is 320 g/mol. The van der Waals surface area contributed by atoms with E-state index >= 15 is 0 Å². The van der Waals surface area contributed by atoms with E-state index in [1.807, 2.05) is 66.7 Å². The maximum absolute atomic E-state index is 12.8. The summed E-state index contributed by atoms with van der Waals surface area (Å²) in [5, 5.41) is 3.15. The molecular formula is C23H24N2O. The first-order chi connectivity index (χ1) is 12.4. The minimum absolute atomic E-state index is 0.0668. The zero-order chi connectivity index (χ0) is 18.6. The fourth-order valence-corrected chi connectivity index (χ4v) is 2.89. The quantitative estimate of drug-likeness (QED) is 0.731. The third-order valence-electron chi connectivity index (χ3n) is 4.44. The highest BCUT2D eigenvalue weighted by Crippen LogP contribution is 2.24. The van der Waals surface area contributed by atoms with Gasteiger partial charge in [0.2, 0.25) is 0 Å². The molecule has 1 atom stereocenters. The number of carbonyl (C=O) groups excluding carboxylic acids is 1. The predicted molar refractivity (Wildman–Crippen MR) is 105 cm³/mol. The van der Waals surface area contributed by atoms with Gasteiger partial charge in [-0.1, -0.05) is 69.3 Å². The first-order valence-corrected chi connectivity index (χ1v) is 8.81. The van der Waals surface area contributed by atoms with Gasteiger partial charge in [-0.05, 0) is 40.3 Å². The lowest BCUT2D eigenvalue weighted by Crippen LogP contribution is -2.29. The summed E-state index contributed by atoms with van der Waals surface area (Å²) >= 11 is 0. The van der Waals surface area contributed by atoms with Crippen LogP contribution < -0.4 is 5.32 Å². The van der Waals surface area contributed by atoms with Crippen LogP contribution in [0, 0.1) is 0 Å². The van der Waals surface area contributed by atoms with E-state index in [-0.39, 0.29) is 17.4 Å². The fraction of sp³-hybridized carbons (Fsp3) is 0.217. The zero-order valence-electron chi connectivity index (χ0n) is 15.4. The number of carbonyl (C=O) groups is 1. The molecule has 0 saturated carbocycles. The van der Waals surface area contributed by atoms with Crippen LogP contribution in [0.3, 0.4) is 0 Å². The summed E-state index contributed by atoms with van der Waals surface area (Å²) in [4.78, 5) is 17.0. The van der Waals surface area contributed by atoms with Crippen molar-refractivity contribution in [3.8, 4) is 0 Å². The Labute approximate surface area is 155 Å². The lowest BCUT2D eigenvalue weighted by Gasteiger charge is -2.21. The molecule has 0 fully saturated rings. The molecule has 132 valence electrons. The van der Waals surface area contributed by atoms with Gasteiger partial charge >= 0.3 is 0 Å². The van der Waals surface area contributed by atoms with E-state index < -0.39 is 0 Å². The van der Waals surface area contributed by atoms with E-state index in [2.05, 4.69) is 31.1 Å². The van der Waals surface area contributed by atoms with Crippen LogP contribution >= 0.6 is 0 Å².